The normalized spacial score (nSPS) is 10.9. The van der Waals surface area contributed by atoms with Crippen LogP contribution in [0.15, 0.2) is 84.9 Å². The molecule has 0 atom stereocenters. The number of carbonyl (C=O) groups is 1. The van der Waals surface area contributed by atoms with Crippen molar-refractivity contribution in [2.45, 2.75) is 12.5 Å². The monoisotopic (exact) mass is 404 g/mol. The lowest BCUT2D eigenvalue weighted by Crippen LogP contribution is -2.37. The smallest absolute Gasteiger partial charge is 0.238 e. The van der Waals surface area contributed by atoms with Gasteiger partial charge in [-0.25, -0.2) is 0 Å². The van der Waals surface area contributed by atoms with Gasteiger partial charge in [0.25, 0.3) is 0 Å². The highest BCUT2D eigenvalue weighted by Gasteiger charge is 2.24. The molecule has 0 bridgehead atoms. The first-order valence-corrected chi connectivity index (χ1v) is 10.1. The number of anilines is 1. The second kappa shape index (κ2) is 11.1. The lowest BCUT2D eigenvalue weighted by atomic mass is 9.96. The van der Waals surface area contributed by atoms with Crippen molar-refractivity contribution >= 4 is 11.6 Å². The molecule has 3 rings (SSSR count). The molecule has 5 heteroatoms. The molecule has 3 aromatic rings. The third-order valence-electron chi connectivity index (χ3n) is 4.90. The van der Waals surface area contributed by atoms with Gasteiger partial charge >= 0.3 is 0 Å². The van der Waals surface area contributed by atoms with E-state index in [1.807, 2.05) is 54.6 Å². The van der Waals surface area contributed by atoms with Crippen LogP contribution in [0.1, 0.15) is 23.6 Å². The summed E-state index contributed by atoms with van der Waals surface area (Å²) in [7, 11) is 1.60. The molecule has 2 N–H and O–H groups in total. The summed E-state index contributed by atoms with van der Waals surface area (Å²) in [6.45, 7) is 0.868. The van der Waals surface area contributed by atoms with E-state index in [-0.39, 0.29) is 25.1 Å². The van der Waals surface area contributed by atoms with Crippen molar-refractivity contribution in [3.63, 3.8) is 0 Å². The molecule has 0 aliphatic carbocycles. The van der Waals surface area contributed by atoms with Gasteiger partial charge in [0.15, 0.2) is 0 Å². The predicted octanol–water partition coefficient (Wildman–Crippen LogP) is 4.11. The van der Waals surface area contributed by atoms with Crippen molar-refractivity contribution in [1.29, 1.82) is 0 Å². The zero-order valence-electron chi connectivity index (χ0n) is 17.2. The number of nitrogens with zero attached hydrogens (tertiary/aromatic N) is 1. The minimum Gasteiger partial charge on any atom is -0.497 e. The standard InChI is InChI=1S/C25H28N2O3/c1-30-23-15-8-14-22(18-23)26-24(29)19-27(16-9-17-28)25(20-10-4-2-5-11-20)21-12-6-3-7-13-21/h2-8,10-15,18,25,28H,9,16-17,19H2,1H3,(H,26,29). The van der Waals surface area contributed by atoms with Crippen molar-refractivity contribution in [2.24, 2.45) is 0 Å². The Bertz CT molecular complexity index is 876. The Morgan fingerprint density at radius 2 is 1.60 bits per heavy atom. The number of aliphatic hydroxyl groups is 1. The first-order chi connectivity index (χ1) is 14.7. The Kier molecular flexibility index (Phi) is 8.01. The fourth-order valence-corrected chi connectivity index (χ4v) is 3.54. The maximum absolute atomic E-state index is 12.9. The van der Waals surface area contributed by atoms with E-state index in [0.29, 0.717) is 24.4 Å². The number of rotatable bonds is 10. The highest BCUT2D eigenvalue weighted by molar-refractivity contribution is 5.92. The van der Waals surface area contributed by atoms with Gasteiger partial charge in [-0.3, -0.25) is 9.69 Å². The van der Waals surface area contributed by atoms with Crippen LogP contribution in [0.4, 0.5) is 5.69 Å². The van der Waals surface area contributed by atoms with Crippen molar-refractivity contribution < 1.29 is 14.6 Å². The molecule has 0 radical (unpaired) electrons. The van der Waals surface area contributed by atoms with Gasteiger partial charge in [0.05, 0.1) is 19.7 Å². The summed E-state index contributed by atoms with van der Waals surface area (Å²) in [4.78, 5) is 15.0. The maximum atomic E-state index is 12.9. The Labute approximate surface area is 177 Å². The van der Waals surface area contributed by atoms with E-state index >= 15 is 0 Å². The topological polar surface area (TPSA) is 61.8 Å². The minimum absolute atomic E-state index is 0.0737. The highest BCUT2D eigenvalue weighted by Crippen LogP contribution is 2.29. The van der Waals surface area contributed by atoms with Crippen molar-refractivity contribution in [2.75, 3.05) is 32.1 Å². The number of amides is 1. The van der Waals surface area contributed by atoms with Crippen LogP contribution in [0.3, 0.4) is 0 Å². The fourth-order valence-electron chi connectivity index (χ4n) is 3.54. The van der Waals surface area contributed by atoms with Crippen LogP contribution in [0.25, 0.3) is 0 Å². The number of methoxy groups -OCH3 is 1. The van der Waals surface area contributed by atoms with Gasteiger partial charge in [-0.15, -0.1) is 0 Å². The Balaban J connectivity index is 1.85. The predicted molar refractivity (Wildman–Crippen MR) is 120 cm³/mol. The average Bonchev–Trinajstić information content (AvgIpc) is 2.79. The zero-order valence-corrected chi connectivity index (χ0v) is 17.2. The van der Waals surface area contributed by atoms with Gasteiger partial charge in [0, 0.05) is 24.9 Å². The molecule has 0 saturated carbocycles. The van der Waals surface area contributed by atoms with Gasteiger partial charge in [0.1, 0.15) is 5.75 Å². The maximum Gasteiger partial charge on any atom is 0.238 e. The van der Waals surface area contributed by atoms with Crippen molar-refractivity contribution in [3.8, 4) is 5.75 Å². The summed E-state index contributed by atoms with van der Waals surface area (Å²) >= 11 is 0. The number of hydrogen-bond donors (Lipinski definition) is 2. The van der Waals surface area contributed by atoms with E-state index in [9.17, 15) is 9.90 Å². The van der Waals surface area contributed by atoms with Gasteiger partial charge in [-0.2, -0.15) is 0 Å². The minimum atomic E-state index is -0.113. The summed E-state index contributed by atoms with van der Waals surface area (Å²) in [6.07, 6.45) is 0.586. The highest BCUT2D eigenvalue weighted by atomic mass is 16.5. The number of ether oxygens (including phenoxy) is 1. The quantitative estimate of drug-likeness (QED) is 0.534. The lowest BCUT2D eigenvalue weighted by Gasteiger charge is -2.32. The van der Waals surface area contributed by atoms with Crippen LogP contribution < -0.4 is 10.1 Å². The van der Waals surface area contributed by atoms with Gasteiger partial charge in [0.2, 0.25) is 5.91 Å². The molecule has 0 aliphatic heterocycles. The Morgan fingerprint density at radius 1 is 0.967 bits per heavy atom. The fraction of sp³-hybridized carbons (Fsp3) is 0.240. The van der Waals surface area contributed by atoms with Crippen LogP contribution in [0.2, 0.25) is 0 Å². The molecule has 0 saturated heterocycles. The molecule has 0 aromatic heterocycles. The summed E-state index contributed by atoms with van der Waals surface area (Å²) in [6, 6.07) is 27.5. The largest absolute Gasteiger partial charge is 0.497 e. The summed E-state index contributed by atoms with van der Waals surface area (Å²) in [5.41, 5.74) is 2.91. The molecule has 0 fully saturated rings. The van der Waals surface area contributed by atoms with Gasteiger partial charge < -0.3 is 15.2 Å². The number of hydrogen-bond acceptors (Lipinski definition) is 4. The number of nitrogens with one attached hydrogen (secondary N) is 1. The Morgan fingerprint density at radius 3 is 2.17 bits per heavy atom. The first kappa shape index (κ1) is 21.6. The summed E-state index contributed by atoms with van der Waals surface area (Å²) in [5.74, 6) is 0.578. The third-order valence-corrected chi connectivity index (χ3v) is 4.90. The molecule has 156 valence electrons. The second-order valence-corrected chi connectivity index (χ2v) is 7.05. The van der Waals surface area contributed by atoms with Crippen LogP contribution in [-0.4, -0.2) is 42.7 Å². The number of benzene rings is 3. The van der Waals surface area contributed by atoms with Crippen molar-refractivity contribution in [3.05, 3.63) is 96.1 Å². The molecule has 0 aliphatic rings. The molecule has 30 heavy (non-hydrogen) atoms. The van der Waals surface area contributed by atoms with Crippen LogP contribution in [-0.2, 0) is 4.79 Å². The van der Waals surface area contributed by atoms with Gasteiger partial charge in [-0.05, 0) is 29.7 Å². The van der Waals surface area contributed by atoms with Gasteiger partial charge in [-0.1, -0.05) is 66.7 Å². The summed E-state index contributed by atoms with van der Waals surface area (Å²) in [5, 5.41) is 12.4. The molecular weight excluding hydrogens is 376 g/mol. The van der Waals surface area contributed by atoms with Crippen LogP contribution in [0, 0.1) is 0 Å². The van der Waals surface area contributed by atoms with E-state index in [0.717, 1.165) is 11.1 Å². The van der Waals surface area contributed by atoms with Crippen molar-refractivity contribution in [1.82, 2.24) is 4.90 Å². The first-order valence-electron chi connectivity index (χ1n) is 10.1. The number of aliphatic hydroxyl groups excluding tert-OH is 1. The van der Waals surface area contributed by atoms with E-state index in [4.69, 9.17) is 4.74 Å². The van der Waals surface area contributed by atoms with E-state index in [2.05, 4.69) is 34.5 Å². The SMILES string of the molecule is COc1cccc(NC(=O)CN(CCCO)C(c2ccccc2)c2ccccc2)c1. The van der Waals surface area contributed by atoms with E-state index < -0.39 is 0 Å². The molecule has 0 unspecified atom stereocenters. The summed E-state index contributed by atoms with van der Waals surface area (Å²) < 4.78 is 5.24. The zero-order chi connectivity index (χ0) is 21.2. The number of carbonyl (C=O) groups excluding carboxylic acids is 1. The molecule has 5 nitrogen and oxygen atoms in total. The van der Waals surface area contributed by atoms with Crippen LogP contribution >= 0.6 is 0 Å². The second-order valence-electron chi connectivity index (χ2n) is 7.05. The average molecular weight is 405 g/mol. The molecule has 0 spiro atoms. The Hall–Kier alpha value is -3.15. The van der Waals surface area contributed by atoms with E-state index in [1.165, 1.54) is 0 Å². The molecule has 1 amide bonds. The van der Waals surface area contributed by atoms with Crippen LogP contribution in [0.5, 0.6) is 5.75 Å². The molecular formula is C25H28N2O3. The molecule has 0 heterocycles. The third kappa shape index (κ3) is 5.92. The van der Waals surface area contributed by atoms with E-state index in [1.54, 1.807) is 13.2 Å². The lowest BCUT2D eigenvalue weighted by molar-refractivity contribution is -0.117. The molecule has 3 aromatic carbocycles.